The van der Waals surface area contributed by atoms with Gasteiger partial charge in [0, 0.05) is 28.7 Å². The molecule has 19 heavy (non-hydrogen) atoms. The fourth-order valence-electron chi connectivity index (χ4n) is 1.85. The molecule has 0 amide bonds. The second kappa shape index (κ2) is 6.34. The number of thiazole rings is 1. The maximum Gasteiger partial charge on any atom is 0.197 e. The quantitative estimate of drug-likeness (QED) is 0.657. The topological polar surface area (TPSA) is 54.2 Å². The van der Waals surface area contributed by atoms with Crippen LogP contribution in [-0.4, -0.2) is 16.9 Å². The summed E-state index contributed by atoms with van der Waals surface area (Å²) in [4.78, 5) is 7.59. The van der Waals surface area contributed by atoms with Crippen LogP contribution in [-0.2, 0) is 6.54 Å². The zero-order chi connectivity index (χ0) is 13.8. The minimum absolute atomic E-state index is 0.287. The van der Waals surface area contributed by atoms with Crippen LogP contribution in [0.1, 0.15) is 23.4 Å². The first-order chi connectivity index (χ1) is 9.10. The second-order valence-electron chi connectivity index (χ2n) is 4.42. The summed E-state index contributed by atoms with van der Waals surface area (Å²) in [6, 6.07) is 8.25. The van der Waals surface area contributed by atoms with E-state index in [2.05, 4.69) is 35.3 Å². The highest BCUT2D eigenvalue weighted by Gasteiger charge is 2.13. The Labute approximate surface area is 122 Å². The van der Waals surface area contributed by atoms with Crippen molar-refractivity contribution < 1.29 is 0 Å². The molecule has 2 rings (SSSR count). The van der Waals surface area contributed by atoms with Crippen molar-refractivity contribution in [2.24, 2.45) is 5.84 Å². The molecule has 1 aromatic heterocycles. The van der Waals surface area contributed by atoms with E-state index in [4.69, 9.17) is 17.4 Å². The summed E-state index contributed by atoms with van der Waals surface area (Å²) < 4.78 is 0. The number of nitrogens with zero attached hydrogens (tertiary/aromatic N) is 2. The molecule has 1 unspecified atom stereocenters. The summed E-state index contributed by atoms with van der Waals surface area (Å²) in [5, 5.41) is 1.50. The standard InChI is InChI=1S/C13H17ClN4S/c1-9(10-4-3-5-11(14)6-10)18(2)8-12-7-16-13(17-15)19-12/h3-7,9H,8,15H2,1-2H3,(H,16,17). The van der Waals surface area contributed by atoms with Crippen LogP contribution in [0.5, 0.6) is 0 Å². The molecule has 2 aromatic rings. The third kappa shape index (κ3) is 3.67. The second-order valence-corrected chi connectivity index (χ2v) is 5.97. The molecule has 0 aliphatic rings. The Kier molecular flexibility index (Phi) is 4.76. The molecule has 0 saturated heterocycles. The molecule has 0 saturated carbocycles. The van der Waals surface area contributed by atoms with Crippen molar-refractivity contribution >= 4 is 28.1 Å². The molecule has 1 heterocycles. The molecule has 3 N–H and O–H groups in total. The van der Waals surface area contributed by atoms with Crippen LogP contribution < -0.4 is 11.3 Å². The Morgan fingerprint density at radius 3 is 2.95 bits per heavy atom. The molecule has 0 radical (unpaired) electrons. The van der Waals surface area contributed by atoms with E-state index >= 15 is 0 Å². The average molecular weight is 297 g/mol. The first-order valence-electron chi connectivity index (χ1n) is 5.97. The minimum Gasteiger partial charge on any atom is -0.300 e. The van der Waals surface area contributed by atoms with Gasteiger partial charge in [0.05, 0.1) is 0 Å². The fourth-order valence-corrected chi connectivity index (χ4v) is 2.84. The number of benzene rings is 1. The SMILES string of the molecule is CC(c1cccc(Cl)c1)N(C)Cc1cnc(NN)s1. The van der Waals surface area contributed by atoms with Gasteiger partial charge >= 0.3 is 0 Å². The smallest absolute Gasteiger partial charge is 0.197 e. The Morgan fingerprint density at radius 2 is 2.32 bits per heavy atom. The van der Waals surface area contributed by atoms with Crippen LogP contribution in [0.15, 0.2) is 30.5 Å². The maximum absolute atomic E-state index is 6.03. The van der Waals surface area contributed by atoms with E-state index in [0.29, 0.717) is 0 Å². The predicted octanol–water partition coefficient (Wildman–Crippen LogP) is 3.28. The van der Waals surface area contributed by atoms with Crippen molar-refractivity contribution in [2.45, 2.75) is 19.5 Å². The average Bonchev–Trinajstić information content (AvgIpc) is 2.85. The molecule has 1 atom stereocenters. The molecule has 0 spiro atoms. The molecule has 0 bridgehead atoms. The molecule has 1 aromatic carbocycles. The van der Waals surface area contributed by atoms with E-state index in [-0.39, 0.29) is 6.04 Å². The van der Waals surface area contributed by atoms with Gasteiger partial charge in [-0.25, -0.2) is 10.8 Å². The van der Waals surface area contributed by atoms with Crippen LogP contribution in [0.25, 0.3) is 0 Å². The van der Waals surface area contributed by atoms with Crippen molar-refractivity contribution in [1.29, 1.82) is 0 Å². The third-order valence-electron chi connectivity index (χ3n) is 3.07. The number of rotatable bonds is 5. The van der Waals surface area contributed by atoms with Gasteiger partial charge < -0.3 is 0 Å². The van der Waals surface area contributed by atoms with E-state index in [1.165, 1.54) is 10.4 Å². The molecule has 0 aliphatic heterocycles. The van der Waals surface area contributed by atoms with Gasteiger partial charge in [-0.15, -0.1) is 0 Å². The zero-order valence-electron chi connectivity index (χ0n) is 10.9. The molecule has 6 heteroatoms. The lowest BCUT2D eigenvalue weighted by Crippen LogP contribution is -2.21. The lowest BCUT2D eigenvalue weighted by Gasteiger charge is -2.24. The number of nitrogens with one attached hydrogen (secondary N) is 1. The monoisotopic (exact) mass is 296 g/mol. The van der Waals surface area contributed by atoms with Crippen molar-refractivity contribution in [3.63, 3.8) is 0 Å². The van der Waals surface area contributed by atoms with Gasteiger partial charge in [0.2, 0.25) is 0 Å². The van der Waals surface area contributed by atoms with Crippen LogP contribution in [0.4, 0.5) is 5.13 Å². The summed E-state index contributed by atoms with van der Waals surface area (Å²) >= 11 is 7.59. The van der Waals surface area contributed by atoms with Crippen LogP contribution in [0.3, 0.4) is 0 Å². The van der Waals surface area contributed by atoms with Gasteiger partial charge in [-0.2, -0.15) is 0 Å². The lowest BCUT2D eigenvalue weighted by molar-refractivity contribution is 0.255. The van der Waals surface area contributed by atoms with Crippen LogP contribution in [0, 0.1) is 0 Å². The number of hydrogen-bond acceptors (Lipinski definition) is 5. The highest BCUT2D eigenvalue weighted by Crippen LogP contribution is 2.25. The Bertz CT molecular complexity index is 543. The van der Waals surface area contributed by atoms with E-state index in [9.17, 15) is 0 Å². The van der Waals surface area contributed by atoms with Crippen molar-refractivity contribution in [1.82, 2.24) is 9.88 Å². The number of hydrogen-bond donors (Lipinski definition) is 2. The van der Waals surface area contributed by atoms with E-state index in [1.54, 1.807) is 11.3 Å². The fraction of sp³-hybridized carbons (Fsp3) is 0.308. The summed E-state index contributed by atoms with van der Waals surface area (Å²) in [5.41, 5.74) is 3.77. The Balaban J connectivity index is 2.04. The third-order valence-corrected chi connectivity index (χ3v) is 4.22. The van der Waals surface area contributed by atoms with E-state index in [0.717, 1.165) is 16.7 Å². The highest BCUT2D eigenvalue weighted by molar-refractivity contribution is 7.15. The predicted molar refractivity (Wildman–Crippen MR) is 81.3 cm³/mol. The van der Waals surface area contributed by atoms with Gasteiger partial charge in [0.25, 0.3) is 0 Å². The molecular weight excluding hydrogens is 280 g/mol. The van der Waals surface area contributed by atoms with Crippen LogP contribution >= 0.6 is 22.9 Å². The molecule has 102 valence electrons. The number of nitrogen functional groups attached to an aromatic ring is 1. The first kappa shape index (κ1) is 14.3. The highest BCUT2D eigenvalue weighted by atomic mass is 35.5. The van der Waals surface area contributed by atoms with Crippen LogP contribution in [0.2, 0.25) is 5.02 Å². The molecular formula is C13H17ClN4S. The largest absolute Gasteiger partial charge is 0.300 e. The van der Waals surface area contributed by atoms with Gasteiger partial charge in [-0.05, 0) is 31.7 Å². The van der Waals surface area contributed by atoms with E-state index in [1.807, 2.05) is 24.4 Å². The molecule has 0 fully saturated rings. The summed E-state index contributed by atoms with van der Waals surface area (Å²) in [7, 11) is 2.08. The number of anilines is 1. The number of hydrazine groups is 1. The van der Waals surface area contributed by atoms with Gasteiger partial charge in [-0.3, -0.25) is 10.3 Å². The maximum atomic E-state index is 6.03. The lowest BCUT2D eigenvalue weighted by atomic mass is 10.1. The summed E-state index contributed by atoms with van der Waals surface area (Å²) in [6.07, 6.45) is 1.85. The number of aromatic nitrogens is 1. The zero-order valence-corrected chi connectivity index (χ0v) is 12.5. The Hall–Kier alpha value is -1.14. The Morgan fingerprint density at radius 1 is 1.53 bits per heavy atom. The first-order valence-corrected chi connectivity index (χ1v) is 7.16. The molecule has 0 aliphatic carbocycles. The van der Waals surface area contributed by atoms with Gasteiger partial charge in [0.15, 0.2) is 5.13 Å². The van der Waals surface area contributed by atoms with Gasteiger partial charge in [0.1, 0.15) is 0 Å². The molecule has 4 nitrogen and oxygen atoms in total. The van der Waals surface area contributed by atoms with Crippen molar-refractivity contribution in [3.8, 4) is 0 Å². The van der Waals surface area contributed by atoms with E-state index < -0.39 is 0 Å². The van der Waals surface area contributed by atoms with Crippen molar-refractivity contribution in [2.75, 3.05) is 12.5 Å². The number of nitrogens with two attached hydrogens (primary N) is 1. The minimum atomic E-state index is 0.287. The van der Waals surface area contributed by atoms with Crippen molar-refractivity contribution in [3.05, 3.63) is 45.9 Å². The van der Waals surface area contributed by atoms with Gasteiger partial charge in [-0.1, -0.05) is 35.1 Å². The summed E-state index contributed by atoms with van der Waals surface area (Å²) in [6.45, 7) is 2.99. The summed E-state index contributed by atoms with van der Waals surface area (Å²) in [5.74, 6) is 5.33. The normalized spacial score (nSPS) is 12.7. The number of halogens is 1.